The maximum absolute atomic E-state index is 13.5. The average molecular weight is 655 g/mol. The van der Waals surface area contributed by atoms with Gasteiger partial charge < -0.3 is 16.0 Å². The summed E-state index contributed by atoms with van der Waals surface area (Å²) in [5.41, 5.74) is 5.99. The molecular formula is C38H30N4O3S2. The van der Waals surface area contributed by atoms with E-state index in [-0.39, 0.29) is 23.3 Å². The van der Waals surface area contributed by atoms with E-state index >= 15 is 0 Å². The van der Waals surface area contributed by atoms with Crippen LogP contribution in [0.2, 0.25) is 0 Å². The third-order valence-electron chi connectivity index (χ3n) is 7.13. The minimum Gasteiger partial charge on any atom is -0.321 e. The van der Waals surface area contributed by atoms with Crippen LogP contribution in [0, 0.1) is 6.92 Å². The number of thioether (sulfide) groups is 1. The van der Waals surface area contributed by atoms with Gasteiger partial charge in [0.15, 0.2) is 5.13 Å². The third kappa shape index (κ3) is 8.40. The van der Waals surface area contributed by atoms with Gasteiger partial charge in [-0.2, -0.15) is 0 Å². The number of aromatic nitrogens is 1. The van der Waals surface area contributed by atoms with Crippen molar-refractivity contribution in [2.75, 3.05) is 16.4 Å². The van der Waals surface area contributed by atoms with Crippen molar-refractivity contribution in [1.29, 1.82) is 0 Å². The van der Waals surface area contributed by atoms with Gasteiger partial charge in [-0.05, 0) is 83.8 Å². The summed E-state index contributed by atoms with van der Waals surface area (Å²) in [5, 5.41) is 9.11. The van der Waals surface area contributed by atoms with E-state index in [2.05, 4.69) is 27.0 Å². The second-order valence-corrected chi connectivity index (χ2v) is 12.8. The van der Waals surface area contributed by atoms with Crippen LogP contribution in [0.15, 0.2) is 138 Å². The van der Waals surface area contributed by atoms with Gasteiger partial charge >= 0.3 is 0 Å². The summed E-state index contributed by atoms with van der Waals surface area (Å²) in [6.07, 6.45) is 1.65. The molecule has 0 aliphatic heterocycles. The Bertz CT molecular complexity index is 2060. The zero-order valence-electron chi connectivity index (χ0n) is 25.4. The summed E-state index contributed by atoms with van der Waals surface area (Å²) in [6, 6.07) is 39.7. The molecule has 47 heavy (non-hydrogen) atoms. The van der Waals surface area contributed by atoms with Crippen LogP contribution in [-0.2, 0) is 9.59 Å². The Morgan fingerprint density at radius 1 is 0.766 bits per heavy atom. The molecule has 6 aromatic rings. The summed E-state index contributed by atoms with van der Waals surface area (Å²) in [7, 11) is 0. The summed E-state index contributed by atoms with van der Waals surface area (Å²) in [5.74, 6) is -0.794. The minimum absolute atomic E-state index is 0.103. The van der Waals surface area contributed by atoms with Crippen molar-refractivity contribution >= 4 is 67.9 Å². The van der Waals surface area contributed by atoms with Crippen molar-refractivity contribution in [3.05, 3.63) is 150 Å². The predicted molar refractivity (Wildman–Crippen MR) is 193 cm³/mol. The lowest BCUT2D eigenvalue weighted by atomic mass is 10.0. The van der Waals surface area contributed by atoms with Crippen LogP contribution in [0.4, 0.5) is 10.8 Å². The van der Waals surface area contributed by atoms with Gasteiger partial charge in [0, 0.05) is 16.1 Å². The molecular weight excluding hydrogens is 625 g/mol. The van der Waals surface area contributed by atoms with Crippen molar-refractivity contribution in [3.63, 3.8) is 0 Å². The molecule has 5 aromatic carbocycles. The van der Waals surface area contributed by atoms with Crippen molar-refractivity contribution in [1.82, 2.24) is 10.3 Å². The molecule has 1 heterocycles. The fraction of sp³-hybridized carbons (Fsp3) is 0.0526. The van der Waals surface area contributed by atoms with Crippen molar-refractivity contribution in [2.24, 2.45) is 0 Å². The summed E-state index contributed by atoms with van der Waals surface area (Å²) < 4.78 is 1.03. The van der Waals surface area contributed by atoms with E-state index in [0.29, 0.717) is 16.4 Å². The first-order chi connectivity index (χ1) is 22.9. The average Bonchev–Trinajstić information content (AvgIpc) is 3.50. The van der Waals surface area contributed by atoms with Crippen LogP contribution in [0.1, 0.15) is 21.5 Å². The standard InChI is InChI=1S/C38H30N4O3S2/c1-25-12-21-32-34(22-25)47-38(41-32)42-35(43)24-46-31-19-17-30(18-20-31)39-37(45)33(40-36(44)29-10-6-3-7-11-29)23-26-13-15-28(16-14-26)27-8-4-2-5-9-27/h2-23H,24H2,1H3,(H,39,45)(H,40,44)(H,41,42,43)/b33-23-. The monoisotopic (exact) mass is 654 g/mol. The fourth-order valence-corrected chi connectivity index (χ4v) is 6.41. The molecule has 7 nitrogen and oxygen atoms in total. The second-order valence-electron chi connectivity index (χ2n) is 10.7. The van der Waals surface area contributed by atoms with Crippen molar-refractivity contribution in [3.8, 4) is 11.1 Å². The molecule has 6 rings (SSSR count). The third-order valence-corrected chi connectivity index (χ3v) is 9.08. The molecule has 232 valence electrons. The normalized spacial score (nSPS) is 11.2. The Morgan fingerprint density at radius 2 is 1.45 bits per heavy atom. The zero-order valence-corrected chi connectivity index (χ0v) is 27.0. The highest BCUT2D eigenvalue weighted by Gasteiger charge is 2.16. The van der Waals surface area contributed by atoms with Crippen LogP contribution in [-0.4, -0.2) is 28.5 Å². The Labute approximate surface area is 280 Å². The lowest BCUT2D eigenvalue weighted by Gasteiger charge is -2.12. The molecule has 0 aliphatic carbocycles. The number of thiazole rings is 1. The molecule has 0 saturated heterocycles. The molecule has 0 saturated carbocycles. The quantitative estimate of drug-likeness (QED) is 0.102. The first-order valence-corrected chi connectivity index (χ1v) is 16.6. The lowest BCUT2D eigenvalue weighted by Crippen LogP contribution is -2.30. The molecule has 0 radical (unpaired) electrons. The highest BCUT2D eigenvalue weighted by molar-refractivity contribution is 8.00. The number of fused-ring (bicyclic) bond motifs is 1. The van der Waals surface area contributed by atoms with Gasteiger partial charge in [0.25, 0.3) is 11.8 Å². The molecule has 3 N–H and O–H groups in total. The summed E-state index contributed by atoms with van der Waals surface area (Å²) in [4.78, 5) is 44.4. The number of benzene rings is 5. The number of amides is 3. The number of anilines is 2. The van der Waals surface area contributed by atoms with Gasteiger partial charge in [-0.3, -0.25) is 14.4 Å². The molecule has 0 atom stereocenters. The summed E-state index contributed by atoms with van der Waals surface area (Å²) in [6.45, 7) is 2.02. The maximum Gasteiger partial charge on any atom is 0.272 e. The number of hydrogen-bond acceptors (Lipinski definition) is 6. The topological polar surface area (TPSA) is 100 Å². The van der Waals surface area contributed by atoms with E-state index in [1.54, 1.807) is 42.5 Å². The van der Waals surface area contributed by atoms with E-state index in [1.165, 1.54) is 23.1 Å². The van der Waals surface area contributed by atoms with E-state index < -0.39 is 5.91 Å². The van der Waals surface area contributed by atoms with Crippen molar-refractivity contribution in [2.45, 2.75) is 11.8 Å². The Hall–Kier alpha value is -5.51. The molecule has 1 aromatic heterocycles. The number of nitrogens with one attached hydrogen (secondary N) is 3. The van der Waals surface area contributed by atoms with Gasteiger partial charge in [-0.25, -0.2) is 4.98 Å². The second kappa shape index (κ2) is 14.7. The Balaban J connectivity index is 1.11. The fourth-order valence-electron chi connectivity index (χ4n) is 4.73. The van der Waals surface area contributed by atoms with Crippen LogP contribution in [0.25, 0.3) is 27.4 Å². The Kier molecular flexibility index (Phi) is 9.86. The number of rotatable bonds is 10. The van der Waals surface area contributed by atoms with E-state index in [4.69, 9.17) is 0 Å². The van der Waals surface area contributed by atoms with Gasteiger partial charge in [-0.1, -0.05) is 90.2 Å². The number of carbonyl (C=O) groups excluding carboxylic acids is 3. The van der Waals surface area contributed by atoms with Gasteiger partial charge in [-0.15, -0.1) is 11.8 Å². The number of carbonyl (C=O) groups is 3. The molecule has 3 amide bonds. The summed E-state index contributed by atoms with van der Waals surface area (Å²) >= 11 is 2.83. The predicted octanol–water partition coefficient (Wildman–Crippen LogP) is 8.41. The highest BCUT2D eigenvalue weighted by atomic mass is 32.2. The molecule has 0 aliphatic rings. The largest absolute Gasteiger partial charge is 0.321 e. The van der Waals surface area contributed by atoms with E-state index in [9.17, 15) is 14.4 Å². The minimum atomic E-state index is -0.466. The SMILES string of the molecule is Cc1ccc2nc(NC(=O)CSc3ccc(NC(=O)/C(=C/c4ccc(-c5ccccc5)cc4)NC(=O)c4ccccc4)cc3)sc2c1. The van der Waals surface area contributed by atoms with Gasteiger partial charge in [0.2, 0.25) is 5.91 Å². The smallest absolute Gasteiger partial charge is 0.272 e. The van der Waals surface area contributed by atoms with E-state index in [1.807, 2.05) is 91.9 Å². The number of hydrogen-bond donors (Lipinski definition) is 3. The first-order valence-electron chi connectivity index (χ1n) is 14.8. The van der Waals surface area contributed by atoms with Crippen LogP contribution >= 0.6 is 23.1 Å². The van der Waals surface area contributed by atoms with Crippen molar-refractivity contribution < 1.29 is 14.4 Å². The molecule has 0 bridgehead atoms. The van der Waals surface area contributed by atoms with Gasteiger partial charge in [0.1, 0.15) is 5.70 Å². The number of aryl methyl sites for hydroxylation is 1. The first kappa shape index (κ1) is 31.5. The highest BCUT2D eigenvalue weighted by Crippen LogP contribution is 2.27. The molecule has 0 fully saturated rings. The molecule has 0 spiro atoms. The van der Waals surface area contributed by atoms with Crippen LogP contribution < -0.4 is 16.0 Å². The maximum atomic E-state index is 13.5. The number of nitrogens with zero attached hydrogens (tertiary/aromatic N) is 1. The molecule has 9 heteroatoms. The zero-order chi connectivity index (χ0) is 32.6. The lowest BCUT2D eigenvalue weighted by molar-refractivity contribution is -0.114. The van der Waals surface area contributed by atoms with Crippen LogP contribution in [0.5, 0.6) is 0 Å². The Morgan fingerprint density at radius 3 is 2.17 bits per heavy atom. The molecule has 0 unspecified atom stereocenters. The van der Waals surface area contributed by atoms with Gasteiger partial charge in [0.05, 0.1) is 16.0 Å². The van der Waals surface area contributed by atoms with Crippen LogP contribution in [0.3, 0.4) is 0 Å². The van der Waals surface area contributed by atoms with E-state index in [0.717, 1.165) is 37.4 Å².